The molecule has 0 radical (unpaired) electrons. The Morgan fingerprint density at radius 2 is 1.68 bits per heavy atom. The van der Waals surface area contributed by atoms with E-state index in [1.165, 1.54) is 11.1 Å². The second-order valence-electron chi connectivity index (χ2n) is 4.98. The maximum atomic E-state index is 5.42. The SMILES string of the molecule is CCNC(c1cc(OC)c(OC)cc1C)C(C)CC. The average molecular weight is 265 g/mol. The Kier molecular flexibility index (Phi) is 6.16. The Morgan fingerprint density at radius 1 is 1.11 bits per heavy atom. The first-order chi connectivity index (χ1) is 9.08. The summed E-state index contributed by atoms with van der Waals surface area (Å²) < 4.78 is 10.8. The van der Waals surface area contributed by atoms with Crippen LogP contribution in [0.2, 0.25) is 0 Å². The third-order valence-electron chi connectivity index (χ3n) is 3.74. The molecule has 0 fully saturated rings. The molecular weight excluding hydrogens is 238 g/mol. The summed E-state index contributed by atoms with van der Waals surface area (Å²) in [6.07, 6.45) is 1.14. The fraction of sp³-hybridized carbons (Fsp3) is 0.625. The highest BCUT2D eigenvalue weighted by Crippen LogP contribution is 2.35. The van der Waals surface area contributed by atoms with Crippen molar-refractivity contribution in [1.82, 2.24) is 5.32 Å². The van der Waals surface area contributed by atoms with E-state index in [4.69, 9.17) is 9.47 Å². The number of rotatable bonds is 7. The minimum Gasteiger partial charge on any atom is -0.493 e. The molecule has 1 N–H and O–H groups in total. The summed E-state index contributed by atoms with van der Waals surface area (Å²) in [5.41, 5.74) is 2.54. The lowest BCUT2D eigenvalue weighted by Gasteiger charge is -2.27. The van der Waals surface area contributed by atoms with E-state index >= 15 is 0 Å². The van der Waals surface area contributed by atoms with Crippen LogP contribution in [0.15, 0.2) is 12.1 Å². The molecule has 108 valence electrons. The highest BCUT2D eigenvalue weighted by Gasteiger charge is 2.21. The van der Waals surface area contributed by atoms with Gasteiger partial charge in [-0.05, 0) is 42.6 Å². The van der Waals surface area contributed by atoms with E-state index in [1.807, 2.05) is 0 Å². The zero-order valence-corrected chi connectivity index (χ0v) is 13.0. The molecule has 2 atom stereocenters. The Labute approximate surface area is 117 Å². The van der Waals surface area contributed by atoms with Crippen molar-refractivity contribution in [1.29, 1.82) is 0 Å². The molecule has 0 aromatic heterocycles. The molecule has 0 heterocycles. The van der Waals surface area contributed by atoms with Crippen molar-refractivity contribution in [3.05, 3.63) is 23.3 Å². The Morgan fingerprint density at radius 3 is 2.16 bits per heavy atom. The Balaban J connectivity index is 3.22. The van der Waals surface area contributed by atoms with E-state index in [9.17, 15) is 0 Å². The summed E-state index contributed by atoms with van der Waals surface area (Å²) >= 11 is 0. The molecular formula is C16H27NO2. The third kappa shape index (κ3) is 3.63. The van der Waals surface area contributed by atoms with E-state index in [0.29, 0.717) is 12.0 Å². The summed E-state index contributed by atoms with van der Waals surface area (Å²) in [5.74, 6) is 2.18. The van der Waals surface area contributed by atoms with Gasteiger partial charge in [-0.1, -0.05) is 27.2 Å². The van der Waals surface area contributed by atoms with Crippen molar-refractivity contribution in [3.8, 4) is 11.5 Å². The molecule has 0 aliphatic heterocycles. The molecule has 0 bridgehead atoms. The zero-order chi connectivity index (χ0) is 14.4. The van der Waals surface area contributed by atoms with Crippen LogP contribution in [0.5, 0.6) is 11.5 Å². The largest absolute Gasteiger partial charge is 0.493 e. The van der Waals surface area contributed by atoms with Crippen LogP contribution in [0.25, 0.3) is 0 Å². The third-order valence-corrected chi connectivity index (χ3v) is 3.74. The first kappa shape index (κ1) is 15.8. The number of benzene rings is 1. The molecule has 0 saturated heterocycles. The molecule has 19 heavy (non-hydrogen) atoms. The summed E-state index contributed by atoms with van der Waals surface area (Å²) in [5, 5.41) is 3.58. The molecule has 3 heteroatoms. The highest BCUT2D eigenvalue weighted by atomic mass is 16.5. The van der Waals surface area contributed by atoms with Gasteiger partial charge in [0.1, 0.15) is 0 Å². The van der Waals surface area contributed by atoms with E-state index in [-0.39, 0.29) is 0 Å². The standard InChI is InChI=1S/C16H27NO2/c1-7-11(3)16(17-8-2)13-10-15(19-6)14(18-5)9-12(13)4/h9-11,16-17H,7-8H2,1-6H3. The summed E-state index contributed by atoms with van der Waals surface area (Å²) in [4.78, 5) is 0. The molecule has 0 aliphatic rings. The van der Waals surface area contributed by atoms with Gasteiger partial charge in [0.15, 0.2) is 11.5 Å². The molecule has 1 aromatic carbocycles. The van der Waals surface area contributed by atoms with Gasteiger partial charge < -0.3 is 14.8 Å². The second-order valence-corrected chi connectivity index (χ2v) is 4.98. The number of methoxy groups -OCH3 is 2. The number of hydrogen-bond donors (Lipinski definition) is 1. The van der Waals surface area contributed by atoms with Gasteiger partial charge in [0.25, 0.3) is 0 Å². The quantitative estimate of drug-likeness (QED) is 0.815. The maximum absolute atomic E-state index is 5.42. The van der Waals surface area contributed by atoms with Crippen molar-refractivity contribution in [2.75, 3.05) is 20.8 Å². The van der Waals surface area contributed by atoms with Gasteiger partial charge in [0.2, 0.25) is 0 Å². The highest BCUT2D eigenvalue weighted by molar-refractivity contribution is 5.48. The van der Waals surface area contributed by atoms with Crippen molar-refractivity contribution < 1.29 is 9.47 Å². The lowest BCUT2D eigenvalue weighted by Crippen LogP contribution is -2.27. The Hall–Kier alpha value is -1.22. The monoisotopic (exact) mass is 265 g/mol. The predicted octanol–water partition coefficient (Wildman–Crippen LogP) is 3.71. The molecule has 1 aromatic rings. The molecule has 1 rings (SSSR count). The molecule has 0 aliphatic carbocycles. The van der Waals surface area contributed by atoms with Crippen molar-refractivity contribution in [3.63, 3.8) is 0 Å². The van der Waals surface area contributed by atoms with E-state index in [0.717, 1.165) is 24.5 Å². The van der Waals surface area contributed by atoms with Gasteiger partial charge in [-0.3, -0.25) is 0 Å². The molecule has 3 nitrogen and oxygen atoms in total. The van der Waals surface area contributed by atoms with Crippen LogP contribution in [0.4, 0.5) is 0 Å². The lowest BCUT2D eigenvalue weighted by molar-refractivity contribution is 0.348. The van der Waals surface area contributed by atoms with Crippen molar-refractivity contribution in [2.45, 2.75) is 40.2 Å². The van der Waals surface area contributed by atoms with Gasteiger partial charge in [-0.15, -0.1) is 0 Å². The van der Waals surface area contributed by atoms with Gasteiger partial charge >= 0.3 is 0 Å². The molecule has 0 spiro atoms. The van der Waals surface area contributed by atoms with Gasteiger partial charge in [0, 0.05) is 6.04 Å². The van der Waals surface area contributed by atoms with E-state index < -0.39 is 0 Å². The molecule has 0 saturated carbocycles. The lowest BCUT2D eigenvalue weighted by atomic mass is 9.89. The fourth-order valence-corrected chi connectivity index (χ4v) is 2.40. The zero-order valence-electron chi connectivity index (χ0n) is 13.0. The molecule has 0 amide bonds. The van der Waals surface area contributed by atoms with Crippen molar-refractivity contribution >= 4 is 0 Å². The normalized spacial score (nSPS) is 14.0. The summed E-state index contributed by atoms with van der Waals surface area (Å²) in [6, 6.07) is 4.52. The number of aryl methyl sites for hydroxylation is 1. The molecule has 2 unspecified atom stereocenters. The minimum atomic E-state index is 0.356. The fourth-order valence-electron chi connectivity index (χ4n) is 2.40. The first-order valence-corrected chi connectivity index (χ1v) is 7.04. The number of ether oxygens (including phenoxy) is 2. The predicted molar refractivity (Wildman–Crippen MR) is 80.2 cm³/mol. The minimum absolute atomic E-state index is 0.356. The Bertz CT molecular complexity index is 404. The summed E-state index contributed by atoms with van der Waals surface area (Å²) in [7, 11) is 3.36. The number of hydrogen-bond acceptors (Lipinski definition) is 3. The summed E-state index contributed by atoms with van der Waals surface area (Å²) in [6.45, 7) is 9.74. The van der Waals surface area contributed by atoms with Crippen molar-refractivity contribution in [2.24, 2.45) is 5.92 Å². The first-order valence-electron chi connectivity index (χ1n) is 7.04. The van der Waals surface area contributed by atoms with Crippen LogP contribution in [-0.2, 0) is 0 Å². The van der Waals surface area contributed by atoms with E-state index in [1.54, 1.807) is 14.2 Å². The maximum Gasteiger partial charge on any atom is 0.161 e. The second kappa shape index (κ2) is 7.39. The topological polar surface area (TPSA) is 30.5 Å². The van der Waals surface area contributed by atoms with Gasteiger partial charge in [-0.2, -0.15) is 0 Å². The van der Waals surface area contributed by atoms with Crippen LogP contribution < -0.4 is 14.8 Å². The van der Waals surface area contributed by atoms with Crippen LogP contribution >= 0.6 is 0 Å². The smallest absolute Gasteiger partial charge is 0.161 e. The van der Waals surface area contributed by atoms with Crippen LogP contribution in [-0.4, -0.2) is 20.8 Å². The van der Waals surface area contributed by atoms with E-state index in [2.05, 4.69) is 45.1 Å². The van der Waals surface area contributed by atoms with Crippen LogP contribution in [0, 0.1) is 12.8 Å². The average Bonchev–Trinajstić information content (AvgIpc) is 2.44. The van der Waals surface area contributed by atoms with Crippen LogP contribution in [0.1, 0.15) is 44.4 Å². The van der Waals surface area contributed by atoms with Gasteiger partial charge in [0.05, 0.1) is 14.2 Å². The van der Waals surface area contributed by atoms with Gasteiger partial charge in [-0.25, -0.2) is 0 Å². The van der Waals surface area contributed by atoms with Crippen LogP contribution in [0.3, 0.4) is 0 Å². The number of nitrogens with one attached hydrogen (secondary N) is 1.